The van der Waals surface area contributed by atoms with Crippen molar-refractivity contribution >= 4 is 11.9 Å². The van der Waals surface area contributed by atoms with Crippen molar-refractivity contribution in [1.82, 2.24) is 4.90 Å². The van der Waals surface area contributed by atoms with Crippen LogP contribution in [0.3, 0.4) is 0 Å². The molecule has 1 aromatic carbocycles. The van der Waals surface area contributed by atoms with Gasteiger partial charge in [-0.1, -0.05) is 12.1 Å². The Morgan fingerprint density at radius 2 is 1.92 bits per heavy atom. The maximum absolute atomic E-state index is 13.7. The lowest BCUT2D eigenvalue weighted by atomic mass is 9.84. The van der Waals surface area contributed by atoms with Gasteiger partial charge in [-0.05, 0) is 43.2 Å². The number of halogens is 2. The van der Waals surface area contributed by atoms with E-state index < -0.39 is 23.5 Å². The maximum atomic E-state index is 13.7. The number of carbonyl (C=O) groups is 2. The number of aryl methyl sites for hydroxylation is 1. The van der Waals surface area contributed by atoms with Crippen molar-refractivity contribution in [3.63, 3.8) is 0 Å². The second-order valence-electron chi connectivity index (χ2n) is 7.00. The Morgan fingerprint density at radius 3 is 2.62 bits per heavy atom. The molecular formula is C19H23F2NO4. The number of benzene rings is 1. The molecule has 2 aliphatic heterocycles. The monoisotopic (exact) mass is 367 g/mol. The molecule has 1 amide bonds. The molecule has 0 spiro atoms. The van der Waals surface area contributed by atoms with Crippen LogP contribution in [0.15, 0.2) is 18.2 Å². The predicted molar refractivity (Wildman–Crippen MR) is 89.5 cm³/mol. The molecule has 0 aromatic heterocycles. The summed E-state index contributed by atoms with van der Waals surface area (Å²) >= 11 is 0. The molecule has 1 aromatic rings. The molecule has 2 heterocycles. The van der Waals surface area contributed by atoms with Gasteiger partial charge < -0.3 is 14.7 Å². The molecule has 0 radical (unpaired) electrons. The van der Waals surface area contributed by atoms with E-state index in [4.69, 9.17) is 4.74 Å². The minimum absolute atomic E-state index is 0.0887. The molecule has 2 fully saturated rings. The van der Waals surface area contributed by atoms with Gasteiger partial charge in [0.1, 0.15) is 0 Å². The number of rotatable bonds is 5. The van der Waals surface area contributed by atoms with Gasteiger partial charge in [0.15, 0.2) is 11.6 Å². The fourth-order valence-electron chi connectivity index (χ4n) is 3.96. The number of likely N-dealkylation sites (tertiary alicyclic amines) is 1. The van der Waals surface area contributed by atoms with Gasteiger partial charge in [0.2, 0.25) is 5.91 Å². The number of nitrogens with zero attached hydrogens (tertiary/aromatic N) is 1. The molecule has 142 valence electrons. The first-order valence-corrected chi connectivity index (χ1v) is 9.02. The summed E-state index contributed by atoms with van der Waals surface area (Å²) < 4.78 is 32.5. The summed E-state index contributed by atoms with van der Waals surface area (Å²) in [4.78, 5) is 25.4. The smallest absolute Gasteiger partial charge is 0.309 e. The number of ether oxygens (including phenoxy) is 1. The molecule has 0 saturated carbocycles. The quantitative estimate of drug-likeness (QED) is 0.869. The Bertz CT molecular complexity index is 674. The first-order valence-electron chi connectivity index (χ1n) is 9.02. The van der Waals surface area contributed by atoms with E-state index in [0.29, 0.717) is 39.0 Å². The Balaban J connectivity index is 1.49. The average Bonchev–Trinajstić information content (AvgIpc) is 3.13. The van der Waals surface area contributed by atoms with Crippen LogP contribution in [0.4, 0.5) is 8.78 Å². The Kier molecular flexibility index (Phi) is 5.86. The highest BCUT2D eigenvalue weighted by atomic mass is 19.2. The second kappa shape index (κ2) is 8.12. The molecule has 2 saturated heterocycles. The molecule has 1 unspecified atom stereocenters. The van der Waals surface area contributed by atoms with Crippen molar-refractivity contribution in [3.05, 3.63) is 35.4 Å². The Hall–Kier alpha value is -2.02. The third-order valence-electron chi connectivity index (χ3n) is 5.45. The molecule has 0 bridgehead atoms. The van der Waals surface area contributed by atoms with E-state index in [-0.39, 0.29) is 36.3 Å². The number of carboxylic acids is 1. The summed E-state index contributed by atoms with van der Waals surface area (Å²) in [5.41, 5.74) is 0.205. The van der Waals surface area contributed by atoms with Crippen LogP contribution in [0, 0.1) is 23.5 Å². The average molecular weight is 367 g/mol. The normalized spacial score (nSPS) is 24.0. The van der Waals surface area contributed by atoms with Crippen LogP contribution in [0.2, 0.25) is 0 Å². The lowest BCUT2D eigenvalue weighted by molar-refractivity contribution is -0.146. The van der Waals surface area contributed by atoms with Gasteiger partial charge in [0.25, 0.3) is 0 Å². The maximum Gasteiger partial charge on any atom is 0.309 e. The third kappa shape index (κ3) is 4.03. The van der Waals surface area contributed by atoms with Gasteiger partial charge >= 0.3 is 5.97 Å². The summed E-state index contributed by atoms with van der Waals surface area (Å²) in [6.07, 6.45) is 1.96. The van der Waals surface area contributed by atoms with Gasteiger partial charge in [-0.3, -0.25) is 9.59 Å². The zero-order chi connectivity index (χ0) is 18.7. The third-order valence-corrected chi connectivity index (χ3v) is 5.45. The highest BCUT2D eigenvalue weighted by molar-refractivity contribution is 5.76. The van der Waals surface area contributed by atoms with Crippen LogP contribution in [0.25, 0.3) is 0 Å². The van der Waals surface area contributed by atoms with Crippen LogP contribution >= 0.6 is 0 Å². The van der Waals surface area contributed by atoms with E-state index in [1.165, 1.54) is 12.1 Å². The molecule has 3 rings (SSSR count). The molecule has 2 atom stereocenters. The molecule has 0 aliphatic carbocycles. The molecule has 26 heavy (non-hydrogen) atoms. The first kappa shape index (κ1) is 18.8. The van der Waals surface area contributed by atoms with Crippen LogP contribution in [-0.4, -0.2) is 47.7 Å². The number of amides is 1. The van der Waals surface area contributed by atoms with Crippen molar-refractivity contribution < 1.29 is 28.2 Å². The first-order chi connectivity index (χ1) is 12.5. The van der Waals surface area contributed by atoms with E-state index in [2.05, 4.69) is 0 Å². The van der Waals surface area contributed by atoms with Gasteiger partial charge in [-0.15, -0.1) is 0 Å². The Labute approximate surface area is 150 Å². The zero-order valence-electron chi connectivity index (χ0n) is 14.5. The van der Waals surface area contributed by atoms with Crippen molar-refractivity contribution in [2.24, 2.45) is 11.8 Å². The van der Waals surface area contributed by atoms with Gasteiger partial charge in [-0.2, -0.15) is 0 Å². The van der Waals surface area contributed by atoms with Crippen LogP contribution in [0.1, 0.15) is 31.2 Å². The number of hydrogen-bond acceptors (Lipinski definition) is 3. The fraction of sp³-hybridized carbons (Fsp3) is 0.579. The zero-order valence-corrected chi connectivity index (χ0v) is 14.5. The number of hydrogen-bond donors (Lipinski definition) is 1. The number of aliphatic carboxylic acids is 1. The minimum Gasteiger partial charge on any atom is -0.481 e. The molecular weight excluding hydrogens is 344 g/mol. The number of carboxylic acid groups (broad SMARTS) is 1. The van der Waals surface area contributed by atoms with Crippen LogP contribution < -0.4 is 0 Å². The summed E-state index contributed by atoms with van der Waals surface area (Å²) in [6.45, 7) is 1.56. The standard InChI is InChI=1S/C19H23F2NO4/c20-15-3-1-2-12(17(15)21)4-5-16(23)22-9-6-13(7-10-22)18-14(19(24)25)8-11-26-18/h1-3,13-14,18H,4-11H2,(H,24,25)/t14?,18-/m0/s1. The summed E-state index contributed by atoms with van der Waals surface area (Å²) in [7, 11) is 0. The van der Waals surface area contributed by atoms with Crippen molar-refractivity contribution in [2.75, 3.05) is 19.7 Å². The topological polar surface area (TPSA) is 66.8 Å². The summed E-state index contributed by atoms with van der Waals surface area (Å²) in [5.74, 6) is -3.02. The SMILES string of the molecule is O=C(O)C1CCO[C@H]1C1CCN(C(=O)CCc2cccc(F)c2F)CC1. The van der Waals surface area contributed by atoms with E-state index in [0.717, 1.165) is 6.07 Å². The summed E-state index contributed by atoms with van der Waals surface area (Å²) in [5, 5.41) is 9.27. The minimum atomic E-state index is -0.902. The van der Waals surface area contributed by atoms with E-state index in [1.807, 2.05) is 0 Å². The lowest BCUT2D eigenvalue weighted by Crippen LogP contribution is -2.43. The molecule has 1 N–H and O–H groups in total. The van der Waals surface area contributed by atoms with Gasteiger partial charge in [-0.25, -0.2) is 8.78 Å². The largest absolute Gasteiger partial charge is 0.481 e. The van der Waals surface area contributed by atoms with Crippen molar-refractivity contribution in [3.8, 4) is 0 Å². The highest BCUT2D eigenvalue weighted by Gasteiger charge is 2.40. The summed E-state index contributed by atoms with van der Waals surface area (Å²) in [6, 6.07) is 3.98. The molecule has 5 nitrogen and oxygen atoms in total. The number of piperidine rings is 1. The van der Waals surface area contributed by atoms with Gasteiger partial charge in [0.05, 0.1) is 12.0 Å². The predicted octanol–water partition coefficient (Wildman–Crippen LogP) is 2.63. The van der Waals surface area contributed by atoms with E-state index in [1.54, 1.807) is 4.90 Å². The Morgan fingerprint density at radius 1 is 1.19 bits per heavy atom. The van der Waals surface area contributed by atoms with Gasteiger partial charge in [0, 0.05) is 26.1 Å². The van der Waals surface area contributed by atoms with E-state index in [9.17, 15) is 23.5 Å². The van der Waals surface area contributed by atoms with E-state index >= 15 is 0 Å². The fourth-order valence-corrected chi connectivity index (χ4v) is 3.96. The molecule has 7 heteroatoms. The van der Waals surface area contributed by atoms with Crippen LogP contribution in [0.5, 0.6) is 0 Å². The van der Waals surface area contributed by atoms with Crippen molar-refractivity contribution in [1.29, 1.82) is 0 Å². The van der Waals surface area contributed by atoms with Crippen molar-refractivity contribution in [2.45, 2.75) is 38.2 Å². The van der Waals surface area contributed by atoms with Crippen LogP contribution in [-0.2, 0) is 20.7 Å². The molecule has 2 aliphatic rings. The second-order valence-corrected chi connectivity index (χ2v) is 7.00. The highest BCUT2D eigenvalue weighted by Crippen LogP contribution is 2.33. The number of carbonyl (C=O) groups excluding carboxylic acids is 1. The lowest BCUT2D eigenvalue weighted by Gasteiger charge is -2.35.